The number of carbonyl (C=O) groups excluding carboxylic acids is 2. The van der Waals surface area contributed by atoms with Gasteiger partial charge >= 0.3 is 5.97 Å². The van der Waals surface area contributed by atoms with Gasteiger partial charge in [-0.05, 0) is 30.0 Å². The first-order valence-electron chi connectivity index (χ1n) is 9.71. The monoisotopic (exact) mass is 415 g/mol. The van der Waals surface area contributed by atoms with E-state index >= 15 is 0 Å². The van der Waals surface area contributed by atoms with Crippen LogP contribution in [0.5, 0.6) is 17.2 Å². The second-order valence-corrected chi connectivity index (χ2v) is 7.15. The normalized spacial score (nSPS) is 11.5. The molecule has 0 fully saturated rings. The molecule has 1 N–H and O–H groups in total. The first-order chi connectivity index (χ1) is 14.4. The van der Waals surface area contributed by atoms with Crippen LogP contribution in [0.1, 0.15) is 42.2 Å². The van der Waals surface area contributed by atoms with Crippen LogP contribution in [0.3, 0.4) is 0 Å². The van der Waals surface area contributed by atoms with Gasteiger partial charge in [0.2, 0.25) is 5.75 Å². The summed E-state index contributed by atoms with van der Waals surface area (Å²) in [6.45, 7) is 3.79. The molecule has 2 aromatic rings. The molecule has 2 rings (SSSR count). The van der Waals surface area contributed by atoms with Crippen molar-refractivity contribution in [1.29, 1.82) is 0 Å². The molecule has 162 valence electrons. The fraction of sp³-hybridized carbons (Fsp3) is 0.391. The lowest BCUT2D eigenvalue weighted by Gasteiger charge is -2.21. The Balaban J connectivity index is 2.05. The number of hydrogen-bond donors (Lipinski definition) is 1. The molecule has 1 amide bonds. The number of methoxy groups -OCH3 is 3. The fourth-order valence-electron chi connectivity index (χ4n) is 3.08. The molecule has 0 spiro atoms. The number of rotatable bonds is 10. The zero-order valence-electron chi connectivity index (χ0n) is 18.1. The molecule has 1 atom stereocenters. The van der Waals surface area contributed by atoms with Crippen LogP contribution >= 0.6 is 0 Å². The number of nitrogens with one attached hydrogen (secondary N) is 1. The quantitative estimate of drug-likeness (QED) is 0.595. The van der Waals surface area contributed by atoms with Crippen LogP contribution in [-0.2, 0) is 9.53 Å². The van der Waals surface area contributed by atoms with Crippen LogP contribution < -0.4 is 19.5 Å². The van der Waals surface area contributed by atoms with Crippen molar-refractivity contribution in [2.24, 2.45) is 5.92 Å². The second-order valence-electron chi connectivity index (χ2n) is 7.15. The van der Waals surface area contributed by atoms with E-state index < -0.39 is 12.6 Å². The van der Waals surface area contributed by atoms with Crippen LogP contribution in [0, 0.1) is 5.92 Å². The summed E-state index contributed by atoms with van der Waals surface area (Å²) in [5, 5.41) is 2.95. The van der Waals surface area contributed by atoms with Crippen molar-refractivity contribution < 1.29 is 28.5 Å². The van der Waals surface area contributed by atoms with E-state index in [1.54, 1.807) is 0 Å². The molecule has 30 heavy (non-hydrogen) atoms. The number of ether oxygens (including phenoxy) is 4. The number of hydrogen-bond acceptors (Lipinski definition) is 6. The molecule has 2 aromatic carbocycles. The minimum absolute atomic E-state index is 0.154. The highest BCUT2D eigenvalue weighted by molar-refractivity contribution is 5.92. The third kappa shape index (κ3) is 6.14. The summed E-state index contributed by atoms with van der Waals surface area (Å²) in [6, 6.07) is 12.5. The van der Waals surface area contributed by atoms with E-state index in [9.17, 15) is 9.59 Å². The van der Waals surface area contributed by atoms with E-state index in [4.69, 9.17) is 18.9 Å². The SMILES string of the molecule is COc1cc(C(=O)OCC(=O)N[C@@H](CC(C)C)c2ccccc2)cc(OC)c1OC. The Morgan fingerprint density at radius 2 is 1.53 bits per heavy atom. The third-order valence-corrected chi connectivity index (χ3v) is 4.48. The minimum atomic E-state index is -0.662. The molecule has 7 nitrogen and oxygen atoms in total. The maximum atomic E-state index is 12.5. The lowest BCUT2D eigenvalue weighted by Crippen LogP contribution is -2.33. The van der Waals surface area contributed by atoms with Crippen LogP contribution in [0.2, 0.25) is 0 Å². The van der Waals surface area contributed by atoms with Gasteiger partial charge in [0.15, 0.2) is 18.1 Å². The Morgan fingerprint density at radius 3 is 2.03 bits per heavy atom. The summed E-state index contributed by atoms with van der Waals surface area (Å²) in [7, 11) is 4.39. The molecule has 0 aliphatic rings. The second kappa shape index (κ2) is 11.1. The maximum Gasteiger partial charge on any atom is 0.338 e. The van der Waals surface area contributed by atoms with E-state index in [2.05, 4.69) is 19.2 Å². The predicted molar refractivity (Wildman–Crippen MR) is 113 cm³/mol. The third-order valence-electron chi connectivity index (χ3n) is 4.48. The van der Waals surface area contributed by atoms with Gasteiger partial charge in [0.05, 0.1) is 32.9 Å². The maximum absolute atomic E-state index is 12.5. The number of amides is 1. The van der Waals surface area contributed by atoms with E-state index in [-0.39, 0.29) is 17.5 Å². The average Bonchev–Trinajstić information content (AvgIpc) is 2.76. The summed E-state index contributed by atoms with van der Waals surface area (Å²) < 4.78 is 20.9. The first kappa shape index (κ1) is 23.1. The number of esters is 1. The zero-order chi connectivity index (χ0) is 22.1. The number of benzene rings is 2. The van der Waals surface area contributed by atoms with Gasteiger partial charge < -0.3 is 24.3 Å². The molecule has 0 bridgehead atoms. The molecule has 0 aliphatic carbocycles. The molecule has 0 unspecified atom stereocenters. The summed E-state index contributed by atoms with van der Waals surface area (Å²) in [6.07, 6.45) is 0.774. The Morgan fingerprint density at radius 1 is 0.933 bits per heavy atom. The summed E-state index contributed by atoms with van der Waals surface area (Å²) >= 11 is 0. The van der Waals surface area contributed by atoms with Crippen molar-refractivity contribution in [1.82, 2.24) is 5.32 Å². The molecule has 0 radical (unpaired) electrons. The summed E-state index contributed by atoms with van der Waals surface area (Å²) in [5.41, 5.74) is 1.20. The molecule has 7 heteroatoms. The van der Waals surface area contributed by atoms with Crippen molar-refractivity contribution >= 4 is 11.9 Å². The topological polar surface area (TPSA) is 83.1 Å². The first-order valence-corrected chi connectivity index (χ1v) is 9.71. The fourth-order valence-corrected chi connectivity index (χ4v) is 3.08. The van der Waals surface area contributed by atoms with Gasteiger partial charge in [-0.1, -0.05) is 44.2 Å². The van der Waals surface area contributed by atoms with Crippen LogP contribution in [0.15, 0.2) is 42.5 Å². The van der Waals surface area contributed by atoms with Crippen molar-refractivity contribution in [3.8, 4) is 17.2 Å². The zero-order valence-corrected chi connectivity index (χ0v) is 18.1. The van der Waals surface area contributed by atoms with E-state index in [1.807, 2.05) is 30.3 Å². The van der Waals surface area contributed by atoms with Gasteiger partial charge in [-0.3, -0.25) is 4.79 Å². The molecular weight excluding hydrogens is 386 g/mol. The highest BCUT2D eigenvalue weighted by Gasteiger charge is 2.20. The van der Waals surface area contributed by atoms with Crippen molar-refractivity contribution in [3.05, 3.63) is 53.6 Å². The summed E-state index contributed by atoms with van der Waals surface area (Å²) in [4.78, 5) is 24.9. The van der Waals surface area contributed by atoms with Crippen molar-refractivity contribution in [3.63, 3.8) is 0 Å². The van der Waals surface area contributed by atoms with Gasteiger partial charge in [0.1, 0.15) is 0 Å². The van der Waals surface area contributed by atoms with E-state index in [0.29, 0.717) is 23.2 Å². The highest BCUT2D eigenvalue weighted by Crippen LogP contribution is 2.38. The molecule has 0 aliphatic heterocycles. The smallest absolute Gasteiger partial charge is 0.338 e. The number of carbonyl (C=O) groups is 2. The largest absolute Gasteiger partial charge is 0.493 e. The molecule has 0 saturated heterocycles. The standard InChI is InChI=1S/C23H29NO6/c1-15(2)11-18(16-9-7-6-8-10-16)24-21(25)14-30-23(26)17-12-19(27-3)22(29-5)20(13-17)28-4/h6-10,12-13,15,18H,11,14H2,1-5H3,(H,24,25)/t18-/m0/s1. The van der Waals surface area contributed by atoms with Crippen LogP contribution in [0.4, 0.5) is 0 Å². The van der Waals surface area contributed by atoms with Gasteiger partial charge in [-0.25, -0.2) is 4.79 Å². The Hall–Kier alpha value is -3.22. The molecule has 0 aromatic heterocycles. The minimum Gasteiger partial charge on any atom is -0.493 e. The van der Waals surface area contributed by atoms with Gasteiger partial charge in [0.25, 0.3) is 5.91 Å². The van der Waals surface area contributed by atoms with E-state index in [0.717, 1.165) is 12.0 Å². The highest BCUT2D eigenvalue weighted by atomic mass is 16.5. The summed E-state index contributed by atoms with van der Waals surface area (Å²) in [5.74, 6) is 0.379. The lowest BCUT2D eigenvalue weighted by molar-refractivity contribution is -0.125. The van der Waals surface area contributed by atoms with Crippen LogP contribution in [0.25, 0.3) is 0 Å². The van der Waals surface area contributed by atoms with Gasteiger partial charge in [-0.2, -0.15) is 0 Å². The molecular formula is C23H29NO6. The molecule has 0 saturated carbocycles. The Labute approximate surface area is 177 Å². The van der Waals surface area contributed by atoms with Crippen molar-refractivity contribution in [2.45, 2.75) is 26.3 Å². The average molecular weight is 415 g/mol. The lowest BCUT2D eigenvalue weighted by atomic mass is 9.97. The Kier molecular flexibility index (Phi) is 8.53. The van der Waals surface area contributed by atoms with E-state index in [1.165, 1.54) is 33.5 Å². The predicted octanol–water partition coefficient (Wildman–Crippen LogP) is 3.77. The Bertz CT molecular complexity index is 825. The van der Waals surface area contributed by atoms with Gasteiger partial charge in [-0.15, -0.1) is 0 Å². The van der Waals surface area contributed by atoms with Gasteiger partial charge in [0, 0.05) is 0 Å². The molecule has 0 heterocycles. The van der Waals surface area contributed by atoms with Crippen LogP contribution in [-0.4, -0.2) is 39.8 Å². The van der Waals surface area contributed by atoms with Crippen molar-refractivity contribution in [2.75, 3.05) is 27.9 Å².